The molecule has 0 aliphatic carbocycles. The summed E-state index contributed by atoms with van der Waals surface area (Å²) < 4.78 is 4.94. The van der Waals surface area contributed by atoms with Crippen LogP contribution in [0.2, 0.25) is 0 Å². The molecule has 16 heavy (non-hydrogen) atoms. The Kier molecular flexibility index (Phi) is 3.19. The number of hydrogen-bond donors (Lipinski definition) is 0. The number of hydrogen-bond acceptors (Lipinski definition) is 3. The van der Waals surface area contributed by atoms with Gasteiger partial charge in [-0.05, 0) is 24.5 Å². The number of ether oxygens (including phenoxy) is 1. The third kappa shape index (κ3) is 2.39. The normalized spacial score (nSPS) is 23.0. The number of aryl methyl sites for hydroxylation is 1. The molecule has 0 unspecified atom stereocenters. The maximum Gasteiger partial charge on any atom is 0.359 e. The number of nitro groups is 1. The van der Waals surface area contributed by atoms with Gasteiger partial charge in [0.15, 0.2) is 0 Å². The summed E-state index contributed by atoms with van der Waals surface area (Å²) in [6, 6.07) is 9.96. The Balaban J connectivity index is 1.90. The van der Waals surface area contributed by atoms with Crippen molar-refractivity contribution >= 4 is 0 Å². The molecule has 84 valence electrons. The molecule has 0 radical (unpaired) electrons. The molecule has 0 N–H and O–H groups in total. The van der Waals surface area contributed by atoms with Crippen LogP contribution in [-0.4, -0.2) is 11.2 Å². The van der Waals surface area contributed by atoms with Gasteiger partial charge in [-0.25, -0.2) is 0 Å². The first-order valence-electron chi connectivity index (χ1n) is 5.27. The second kappa shape index (κ2) is 4.79. The first kappa shape index (κ1) is 10.7. The average molecular weight is 219 g/mol. The Morgan fingerprint density at radius 1 is 1.31 bits per heavy atom. The zero-order valence-corrected chi connectivity index (χ0v) is 8.78. The van der Waals surface area contributed by atoms with Crippen LogP contribution in [0.25, 0.3) is 0 Å². The summed E-state index contributed by atoms with van der Waals surface area (Å²) in [6.07, 6.45) is 3.89. The minimum Gasteiger partial charge on any atom is -0.438 e. The average Bonchev–Trinajstić information content (AvgIpc) is 2.76. The maximum atomic E-state index is 10.7. The number of nitrogens with zero attached hydrogens (tertiary/aromatic N) is 1. The molecule has 1 aromatic rings. The molecule has 4 nitrogen and oxygen atoms in total. The van der Waals surface area contributed by atoms with Crippen LogP contribution in [0.1, 0.15) is 12.0 Å². The molecule has 0 amide bonds. The summed E-state index contributed by atoms with van der Waals surface area (Å²) in [7, 11) is 0. The molecule has 0 spiro atoms. The first-order chi connectivity index (χ1) is 7.77. The Hall–Kier alpha value is -1.84. The zero-order valence-electron chi connectivity index (χ0n) is 8.78. The van der Waals surface area contributed by atoms with Crippen molar-refractivity contribution in [2.45, 2.75) is 19.1 Å². The topological polar surface area (TPSA) is 52.4 Å². The largest absolute Gasteiger partial charge is 0.438 e. The van der Waals surface area contributed by atoms with E-state index in [0.29, 0.717) is 0 Å². The Labute approximate surface area is 93.7 Å². The molecular formula is C12H13NO3. The summed E-state index contributed by atoms with van der Waals surface area (Å²) in [4.78, 5) is 10.3. The molecule has 1 aromatic carbocycles. The van der Waals surface area contributed by atoms with Gasteiger partial charge in [-0.3, -0.25) is 10.1 Å². The quantitative estimate of drug-likeness (QED) is 0.577. The highest BCUT2D eigenvalue weighted by molar-refractivity contribution is 5.15. The molecule has 0 saturated carbocycles. The molecule has 1 aliphatic rings. The predicted octanol–water partition coefficient (Wildman–Crippen LogP) is 2.38. The van der Waals surface area contributed by atoms with Gasteiger partial charge in [0.1, 0.15) is 0 Å². The van der Waals surface area contributed by atoms with Gasteiger partial charge < -0.3 is 4.74 Å². The molecule has 0 bridgehead atoms. The van der Waals surface area contributed by atoms with Gasteiger partial charge in [-0.1, -0.05) is 30.3 Å². The summed E-state index contributed by atoms with van der Waals surface area (Å²) in [5.41, 5.74) is 1.20. The maximum absolute atomic E-state index is 10.7. The van der Waals surface area contributed by atoms with E-state index in [9.17, 15) is 10.1 Å². The molecule has 1 heterocycles. The highest BCUT2D eigenvalue weighted by Crippen LogP contribution is 2.23. The van der Waals surface area contributed by atoms with Crippen molar-refractivity contribution in [1.29, 1.82) is 0 Å². The van der Waals surface area contributed by atoms with Crippen LogP contribution in [0.3, 0.4) is 0 Å². The fraction of sp³-hybridized carbons (Fsp3) is 0.333. The van der Waals surface area contributed by atoms with Crippen LogP contribution in [0.4, 0.5) is 0 Å². The Morgan fingerprint density at radius 3 is 2.75 bits per heavy atom. The van der Waals surface area contributed by atoms with Gasteiger partial charge in [0.2, 0.25) is 0 Å². The van der Waals surface area contributed by atoms with Gasteiger partial charge in [0.25, 0.3) is 0 Å². The predicted molar refractivity (Wildman–Crippen MR) is 59.3 cm³/mol. The Bertz CT molecular complexity index is 389. The van der Waals surface area contributed by atoms with Gasteiger partial charge in [0, 0.05) is 0 Å². The first-order valence-corrected chi connectivity index (χ1v) is 5.27. The molecule has 1 aliphatic heterocycles. The summed E-state index contributed by atoms with van der Waals surface area (Å²) >= 11 is 0. The van der Waals surface area contributed by atoms with E-state index >= 15 is 0 Å². The van der Waals surface area contributed by atoms with Crippen LogP contribution >= 0.6 is 0 Å². The van der Waals surface area contributed by atoms with Crippen molar-refractivity contribution in [2.75, 3.05) is 0 Å². The molecule has 0 aromatic heterocycles. The lowest BCUT2D eigenvalue weighted by Gasteiger charge is -2.10. The second-order valence-corrected chi connectivity index (χ2v) is 3.83. The van der Waals surface area contributed by atoms with Gasteiger partial charge >= 0.3 is 6.23 Å². The zero-order chi connectivity index (χ0) is 11.4. The number of benzene rings is 1. The van der Waals surface area contributed by atoms with Crippen LogP contribution in [0.5, 0.6) is 0 Å². The standard InChI is InChI=1S/C12H13NO3/c14-13(15)12-11(8-9-16-12)7-6-10-4-2-1-3-5-10/h1-5,8-9,11-12H,6-7H2/t11-,12-/m1/s1. The number of rotatable bonds is 4. The van der Waals surface area contributed by atoms with Crippen molar-refractivity contribution in [1.82, 2.24) is 0 Å². The molecule has 0 saturated heterocycles. The summed E-state index contributed by atoms with van der Waals surface area (Å²) in [5.74, 6) is -0.116. The van der Waals surface area contributed by atoms with E-state index in [1.807, 2.05) is 30.3 Å². The smallest absolute Gasteiger partial charge is 0.359 e. The lowest BCUT2D eigenvalue weighted by Crippen LogP contribution is -2.26. The van der Waals surface area contributed by atoms with Crippen LogP contribution in [0, 0.1) is 16.0 Å². The van der Waals surface area contributed by atoms with E-state index < -0.39 is 6.23 Å². The van der Waals surface area contributed by atoms with E-state index in [0.717, 1.165) is 12.8 Å². The van der Waals surface area contributed by atoms with Crippen LogP contribution < -0.4 is 0 Å². The van der Waals surface area contributed by atoms with Gasteiger partial charge in [-0.15, -0.1) is 0 Å². The highest BCUT2D eigenvalue weighted by Gasteiger charge is 2.34. The van der Waals surface area contributed by atoms with Crippen molar-refractivity contribution in [3.05, 3.63) is 58.3 Å². The highest BCUT2D eigenvalue weighted by atomic mass is 16.7. The fourth-order valence-electron chi connectivity index (χ4n) is 1.85. The molecule has 0 fully saturated rings. The Morgan fingerprint density at radius 2 is 2.06 bits per heavy atom. The van der Waals surface area contributed by atoms with Crippen molar-refractivity contribution < 1.29 is 9.66 Å². The summed E-state index contributed by atoms with van der Waals surface area (Å²) in [6.45, 7) is 0. The van der Waals surface area contributed by atoms with Gasteiger partial charge in [0.05, 0.1) is 17.1 Å². The van der Waals surface area contributed by atoms with E-state index in [1.165, 1.54) is 11.8 Å². The second-order valence-electron chi connectivity index (χ2n) is 3.83. The molecule has 4 heteroatoms. The fourth-order valence-corrected chi connectivity index (χ4v) is 1.85. The van der Waals surface area contributed by atoms with Crippen LogP contribution in [-0.2, 0) is 11.2 Å². The lowest BCUT2D eigenvalue weighted by molar-refractivity contribution is -0.574. The lowest BCUT2D eigenvalue weighted by atomic mass is 9.99. The van der Waals surface area contributed by atoms with Gasteiger partial charge in [-0.2, -0.15) is 0 Å². The molecule has 2 rings (SSSR count). The van der Waals surface area contributed by atoms with E-state index in [2.05, 4.69) is 0 Å². The van der Waals surface area contributed by atoms with Crippen molar-refractivity contribution in [2.24, 2.45) is 5.92 Å². The van der Waals surface area contributed by atoms with Crippen molar-refractivity contribution in [3.63, 3.8) is 0 Å². The minimum atomic E-state index is -0.899. The molecule has 2 atom stereocenters. The molecular weight excluding hydrogens is 206 g/mol. The van der Waals surface area contributed by atoms with E-state index in [1.54, 1.807) is 6.08 Å². The van der Waals surface area contributed by atoms with Crippen LogP contribution in [0.15, 0.2) is 42.7 Å². The minimum absolute atomic E-state index is 0.116. The van der Waals surface area contributed by atoms with E-state index in [-0.39, 0.29) is 10.8 Å². The van der Waals surface area contributed by atoms with E-state index in [4.69, 9.17) is 4.74 Å². The third-order valence-corrected chi connectivity index (χ3v) is 2.73. The third-order valence-electron chi connectivity index (χ3n) is 2.73. The van der Waals surface area contributed by atoms with Crippen molar-refractivity contribution in [3.8, 4) is 0 Å². The summed E-state index contributed by atoms with van der Waals surface area (Å²) in [5, 5.41) is 10.7. The SMILES string of the molecule is O=[N+]([O-])[C@@H]1OC=C[C@H]1CCc1ccccc1. The monoisotopic (exact) mass is 219 g/mol.